The van der Waals surface area contributed by atoms with E-state index in [1.807, 2.05) is 48.5 Å². The van der Waals surface area contributed by atoms with Crippen molar-refractivity contribution in [2.24, 2.45) is 0 Å². The average molecular weight is 454 g/mol. The second-order valence-corrected chi connectivity index (χ2v) is 9.21. The molecule has 0 aliphatic heterocycles. The zero-order valence-corrected chi connectivity index (χ0v) is 19.8. The van der Waals surface area contributed by atoms with Gasteiger partial charge in [0.25, 0.3) is 0 Å². The summed E-state index contributed by atoms with van der Waals surface area (Å²) >= 11 is 12.1. The summed E-state index contributed by atoms with van der Waals surface area (Å²) in [7, 11) is 0. The van der Waals surface area contributed by atoms with Crippen molar-refractivity contribution < 1.29 is 4.79 Å². The van der Waals surface area contributed by atoms with Crippen molar-refractivity contribution in [1.82, 2.24) is 5.32 Å². The van der Waals surface area contributed by atoms with Gasteiger partial charge in [-0.3, -0.25) is 4.79 Å². The predicted octanol–water partition coefficient (Wildman–Crippen LogP) is 7.07. The highest BCUT2D eigenvalue weighted by Crippen LogP contribution is 2.27. The molecule has 0 saturated carbocycles. The monoisotopic (exact) mass is 453 g/mol. The van der Waals surface area contributed by atoms with Crippen LogP contribution in [0.2, 0.25) is 10.0 Å². The molecule has 2 nitrogen and oxygen atoms in total. The van der Waals surface area contributed by atoms with Crippen molar-refractivity contribution in [3.8, 4) is 0 Å². The molecule has 2 atom stereocenters. The number of carbonyl (C=O) groups excluding carboxylic acids is 1. The van der Waals surface area contributed by atoms with Crippen LogP contribution in [0.15, 0.2) is 66.7 Å². The molecule has 3 aromatic carbocycles. The first-order chi connectivity index (χ1) is 14.8. The summed E-state index contributed by atoms with van der Waals surface area (Å²) in [5.74, 6) is 0.199. The molecule has 31 heavy (non-hydrogen) atoms. The van der Waals surface area contributed by atoms with Gasteiger partial charge in [-0.05, 0) is 74.6 Å². The zero-order chi connectivity index (χ0) is 22.4. The third-order valence-electron chi connectivity index (χ3n) is 5.58. The van der Waals surface area contributed by atoms with Crippen LogP contribution in [-0.2, 0) is 17.6 Å². The van der Waals surface area contributed by atoms with Crippen LogP contribution in [0.25, 0.3) is 0 Å². The van der Waals surface area contributed by atoms with Gasteiger partial charge in [-0.25, -0.2) is 0 Å². The molecule has 0 heterocycles. The van der Waals surface area contributed by atoms with Crippen LogP contribution in [0.4, 0.5) is 0 Å². The Balaban J connectivity index is 1.69. The molecule has 1 amide bonds. The Hall–Kier alpha value is -2.29. The number of hydrogen-bond acceptors (Lipinski definition) is 1. The van der Waals surface area contributed by atoms with Gasteiger partial charge in [-0.15, -0.1) is 0 Å². The van der Waals surface area contributed by atoms with Gasteiger partial charge in [0, 0.05) is 28.4 Å². The van der Waals surface area contributed by atoms with Gasteiger partial charge in [-0.1, -0.05) is 76.8 Å². The highest BCUT2D eigenvalue weighted by molar-refractivity contribution is 6.30. The van der Waals surface area contributed by atoms with Gasteiger partial charge in [0.1, 0.15) is 0 Å². The van der Waals surface area contributed by atoms with Crippen LogP contribution in [-0.4, -0.2) is 11.9 Å². The van der Waals surface area contributed by atoms with E-state index in [0.717, 1.165) is 23.4 Å². The van der Waals surface area contributed by atoms with Crippen LogP contribution in [0.5, 0.6) is 0 Å². The quantitative estimate of drug-likeness (QED) is 0.387. The summed E-state index contributed by atoms with van der Waals surface area (Å²) < 4.78 is 0. The molecule has 0 aliphatic rings. The van der Waals surface area contributed by atoms with E-state index in [-0.39, 0.29) is 17.9 Å². The van der Waals surface area contributed by atoms with E-state index >= 15 is 0 Å². The van der Waals surface area contributed by atoms with Crippen LogP contribution < -0.4 is 5.32 Å². The number of hydrogen-bond donors (Lipinski definition) is 1. The van der Waals surface area contributed by atoms with Crippen LogP contribution in [0, 0.1) is 13.8 Å². The lowest BCUT2D eigenvalue weighted by Crippen LogP contribution is -2.38. The van der Waals surface area contributed by atoms with E-state index in [0.29, 0.717) is 11.4 Å². The van der Waals surface area contributed by atoms with Gasteiger partial charge >= 0.3 is 0 Å². The first kappa shape index (κ1) is 23.4. The summed E-state index contributed by atoms with van der Waals surface area (Å²) in [6.07, 6.45) is 2.02. The lowest BCUT2D eigenvalue weighted by atomic mass is 9.86. The predicted molar refractivity (Wildman–Crippen MR) is 131 cm³/mol. The second kappa shape index (κ2) is 10.8. The number of benzene rings is 3. The number of nitrogens with one attached hydrogen (secondary N) is 1. The van der Waals surface area contributed by atoms with Crippen molar-refractivity contribution >= 4 is 29.1 Å². The Morgan fingerprint density at radius 1 is 0.839 bits per heavy atom. The first-order valence-electron chi connectivity index (χ1n) is 10.7. The lowest BCUT2D eigenvalue weighted by Gasteiger charge is -2.26. The summed E-state index contributed by atoms with van der Waals surface area (Å²) in [6, 6.07) is 22.2. The summed E-state index contributed by atoms with van der Waals surface area (Å²) in [4.78, 5) is 12.7. The molecule has 162 valence electrons. The smallest absolute Gasteiger partial charge is 0.220 e. The molecule has 0 radical (unpaired) electrons. The molecular weight excluding hydrogens is 425 g/mol. The molecule has 0 bridgehead atoms. The summed E-state index contributed by atoms with van der Waals surface area (Å²) in [5, 5.41) is 4.66. The van der Waals surface area contributed by atoms with Crippen molar-refractivity contribution in [3.63, 3.8) is 0 Å². The fraction of sp³-hybridized carbons (Fsp3) is 0.296. The van der Waals surface area contributed by atoms with E-state index in [2.05, 4.69) is 44.3 Å². The Kier molecular flexibility index (Phi) is 8.17. The molecule has 0 aromatic heterocycles. The minimum atomic E-state index is -0.0244. The molecule has 0 unspecified atom stereocenters. The van der Waals surface area contributed by atoms with Crippen LogP contribution >= 0.6 is 23.2 Å². The molecule has 3 rings (SSSR count). The highest BCUT2D eigenvalue weighted by atomic mass is 35.5. The first-order valence-corrected chi connectivity index (χ1v) is 11.4. The molecule has 0 spiro atoms. The zero-order valence-electron chi connectivity index (χ0n) is 18.3. The normalized spacial score (nSPS) is 12.9. The van der Waals surface area contributed by atoms with Crippen molar-refractivity contribution in [3.05, 3.63) is 105 Å². The Morgan fingerprint density at radius 2 is 1.39 bits per heavy atom. The van der Waals surface area contributed by atoms with E-state index in [4.69, 9.17) is 23.2 Å². The largest absolute Gasteiger partial charge is 0.353 e. The maximum atomic E-state index is 12.7. The summed E-state index contributed by atoms with van der Waals surface area (Å²) in [5.41, 5.74) is 6.00. The topological polar surface area (TPSA) is 29.1 Å². The maximum absolute atomic E-state index is 12.7. The van der Waals surface area contributed by atoms with Gasteiger partial charge < -0.3 is 5.32 Å². The van der Waals surface area contributed by atoms with Crippen LogP contribution in [0.3, 0.4) is 0 Å². The van der Waals surface area contributed by atoms with E-state index in [1.165, 1.54) is 22.3 Å². The average Bonchev–Trinajstić information content (AvgIpc) is 2.72. The Bertz CT molecular complexity index is 992. The summed E-state index contributed by atoms with van der Waals surface area (Å²) in [6.45, 7) is 6.25. The maximum Gasteiger partial charge on any atom is 0.220 e. The minimum Gasteiger partial charge on any atom is -0.353 e. The molecule has 0 saturated heterocycles. The number of amides is 1. The molecular formula is C27H29Cl2NO. The number of aryl methyl sites for hydroxylation is 3. The van der Waals surface area contributed by atoms with E-state index in [9.17, 15) is 4.79 Å². The molecule has 1 N–H and O–H groups in total. The van der Waals surface area contributed by atoms with E-state index < -0.39 is 0 Å². The molecule has 3 aromatic rings. The minimum absolute atomic E-state index is 0.0244. The standard InChI is InChI=1S/C27H29Cl2NO/c1-18-14-19(2)16-22(15-18)6-13-27(31)30-20(3)26(23-7-11-25(29)12-8-23)17-21-4-9-24(28)10-5-21/h4-5,7-12,14-16,20,26H,6,13,17H2,1-3H3,(H,30,31)/t20-,26+/m1/s1. The number of rotatable bonds is 8. The highest BCUT2D eigenvalue weighted by Gasteiger charge is 2.22. The molecule has 0 fully saturated rings. The lowest BCUT2D eigenvalue weighted by molar-refractivity contribution is -0.121. The molecule has 4 heteroatoms. The van der Waals surface area contributed by atoms with Gasteiger partial charge in [0.2, 0.25) is 5.91 Å². The second-order valence-electron chi connectivity index (χ2n) is 8.34. The number of halogens is 2. The van der Waals surface area contributed by atoms with Gasteiger partial charge in [0.15, 0.2) is 0 Å². The fourth-order valence-electron chi connectivity index (χ4n) is 4.07. The third-order valence-corrected chi connectivity index (χ3v) is 6.09. The Labute approximate surface area is 195 Å². The number of carbonyl (C=O) groups is 1. The van der Waals surface area contributed by atoms with Crippen molar-refractivity contribution in [2.45, 2.75) is 52.0 Å². The van der Waals surface area contributed by atoms with Crippen molar-refractivity contribution in [1.29, 1.82) is 0 Å². The third kappa shape index (κ3) is 7.12. The van der Waals surface area contributed by atoms with Crippen molar-refractivity contribution in [2.75, 3.05) is 0 Å². The SMILES string of the molecule is Cc1cc(C)cc(CCC(=O)N[C@H](C)[C@H](Cc2ccc(Cl)cc2)c2ccc(Cl)cc2)c1. The van der Waals surface area contributed by atoms with E-state index in [1.54, 1.807) is 0 Å². The fourth-order valence-corrected chi connectivity index (χ4v) is 4.32. The molecule has 0 aliphatic carbocycles. The van der Waals surface area contributed by atoms with Gasteiger partial charge in [0.05, 0.1) is 0 Å². The Morgan fingerprint density at radius 3 is 1.97 bits per heavy atom. The van der Waals surface area contributed by atoms with Crippen LogP contribution in [0.1, 0.15) is 47.1 Å². The van der Waals surface area contributed by atoms with Gasteiger partial charge in [-0.2, -0.15) is 0 Å².